The molecule has 1 atom stereocenters. The molecule has 172 valence electrons. The van der Waals surface area contributed by atoms with Crippen LogP contribution in [0.1, 0.15) is 34.3 Å². The van der Waals surface area contributed by atoms with E-state index in [2.05, 4.69) is 16.7 Å². The molecule has 0 spiro atoms. The Bertz CT molecular complexity index is 1240. The molecule has 0 aromatic heterocycles. The van der Waals surface area contributed by atoms with Crippen LogP contribution < -0.4 is 20.1 Å². The number of halogens is 1. The molecular formula is C25H21ClN4O4. The molecule has 1 saturated carbocycles. The van der Waals surface area contributed by atoms with Gasteiger partial charge in [0.1, 0.15) is 36.3 Å². The maximum absolute atomic E-state index is 13.2. The van der Waals surface area contributed by atoms with E-state index in [9.17, 15) is 20.1 Å². The van der Waals surface area contributed by atoms with Gasteiger partial charge in [0.25, 0.3) is 5.91 Å². The lowest BCUT2D eigenvalue weighted by atomic mass is 10.0. The van der Waals surface area contributed by atoms with Crippen LogP contribution in [0.3, 0.4) is 0 Å². The van der Waals surface area contributed by atoms with E-state index in [1.54, 1.807) is 42.5 Å². The Morgan fingerprint density at radius 3 is 2.44 bits per heavy atom. The third-order valence-corrected chi connectivity index (χ3v) is 5.87. The normalized spacial score (nSPS) is 19.7. The first kappa shape index (κ1) is 23.2. The fraction of sp³-hybridized carbons (Fsp3) is 0.280. The van der Waals surface area contributed by atoms with E-state index in [0.29, 0.717) is 29.2 Å². The van der Waals surface area contributed by atoms with E-state index in [0.717, 1.165) is 0 Å². The van der Waals surface area contributed by atoms with Gasteiger partial charge in [-0.25, -0.2) is 0 Å². The SMILES string of the molecule is N#Cc1ccc2c(c1)C(=O)N[C@H](C(=O)NC1(C#N)CC1)Cc1ccc(c(Cl)c1)OC/C=C\CO2. The standard InChI is InChI=1S/C25H21ClN4O4/c26-19-12-16-3-6-22(19)34-10-2-1-9-33-21-5-4-17(14-27)11-18(21)23(31)29-20(13-16)24(32)30-25(15-28)7-8-25/h1-6,11-12,20H,7-10,13H2,(H,29,31)(H,30,32)/b2-1-/t20-/m0/s1. The minimum absolute atomic E-state index is 0.128. The first-order valence-corrected chi connectivity index (χ1v) is 11.1. The third kappa shape index (κ3) is 5.31. The van der Waals surface area contributed by atoms with Crippen LogP contribution in [0.25, 0.3) is 0 Å². The first-order valence-electron chi connectivity index (χ1n) is 10.7. The van der Waals surface area contributed by atoms with Gasteiger partial charge in [-0.1, -0.05) is 17.7 Å². The fourth-order valence-electron chi connectivity index (χ4n) is 3.50. The molecule has 0 unspecified atom stereocenters. The summed E-state index contributed by atoms with van der Waals surface area (Å²) in [5.74, 6) is -0.290. The lowest BCUT2D eigenvalue weighted by molar-refractivity contribution is -0.123. The number of benzene rings is 2. The molecule has 2 aromatic carbocycles. The second-order valence-electron chi connectivity index (χ2n) is 8.09. The number of hydrogen-bond acceptors (Lipinski definition) is 6. The van der Waals surface area contributed by atoms with Gasteiger partial charge in [0.05, 0.1) is 28.3 Å². The summed E-state index contributed by atoms with van der Waals surface area (Å²) in [6.07, 6.45) is 4.75. The second-order valence-corrected chi connectivity index (χ2v) is 8.50. The Labute approximate surface area is 201 Å². The van der Waals surface area contributed by atoms with Gasteiger partial charge in [-0.3, -0.25) is 9.59 Å². The number of nitrogens with zero attached hydrogens (tertiary/aromatic N) is 2. The molecule has 3 aliphatic rings. The molecule has 2 aromatic rings. The van der Waals surface area contributed by atoms with Gasteiger partial charge in [-0.15, -0.1) is 0 Å². The van der Waals surface area contributed by atoms with E-state index in [1.165, 1.54) is 6.07 Å². The summed E-state index contributed by atoms with van der Waals surface area (Å²) in [5.41, 5.74) is 0.210. The lowest BCUT2D eigenvalue weighted by Crippen LogP contribution is -2.51. The number of hydrogen-bond donors (Lipinski definition) is 2. The minimum Gasteiger partial charge on any atom is -0.489 e. The lowest BCUT2D eigenvalue weighted by Gasteiger charge is -2.21. The Morgan fingerprint density at radius 1 is 1.09 bits per heavy atom. The van der Waals surface area contributed by atoms with Crippen molar-refractivity contribution in [3.8, 4) is 23.6 Å². The molecule has 2 aliphatic heterocycles. The zero-order valence-electron chi connectivity index (χ0n) is 18.1. The Kier molecular flexibility index (Phi) is 6.72. The van der Waals surface area contributed by atoms with Gasteiger partial charge in [0.2, 0.25) is 5.91 Å². The smallest absolute Gasteiger partial charge is 0.255 e. The van der Waals surface area contributed by atoms with Crippen molar-refractivity contribution in [1.82, 2.24) is 10.6 Å². The maximum atomic E-state index is 13.2. The Balaban J connectivity index is 1.69. The molecule has 2 amide bonds. The Hall–Kier alpha value is -4.01. The van der Waals surface area contributed by atoms with Crippen molar-refractivity contribution in [3.05, 3.63) is 70.3 Å². The van der Waals surface area contributed by atoms with Crippen molar-refractivity contribution >= 4 is 23.4 Å². The van der Waals surface area contributed by atoms with Gasteiger partial charge >= 0.3 is 0 Å². The van der Waals surface area contributed by atoms with Gasteiger partial charge in [0.15, 0.2) is 0 Å². The monoisotopic (exact) mass is 476 g/mol. The number of carbonyl (C=O) groups excluding carboxylic acids is 2. The summed E-state index contributed by atoms with van der Waals surface area (Å²) in [6.45, 7) is 0.432. The van der Waals surface area contributed by atoms with E-state index in [-0.39, 0.29) is 36.5 Å². The van der Waals surface area contributed by atoms with Crippen LogP contribution in [0.4, 0.5) is 0 Å². The van der Waals surface area contributed by atoms with Gasteiger partial charge < -0.3 is 20.1 Å². The molecule has 2 bridgehead atoms. The highest BCUT2D eigenvalue weighted by Gasteiger charge is 2.45. The number of carbonyl (C=O) groups is 2. The molecule has 2 N–H and O–H groups in total. The van der Waals surface area contributed by atoms with Crippen molar-refractivity contribution in [2.24, 2.45) is 0 Å². The molecule has 9 heteroatoms. The average molecular weight is 477 g/mol. The topological polar surface area (TPSA) is 124 Å². The van der Waals surface area contributed by atoms with E-state index in [1.807, 2.05) is 6.07 Å². The number of amides is 2. The highest BCUT2D eigenvalue weighted by molar-refractivity contribution is 6.32. The molecule has 34 heavy (non-hydrogen) atoms. The minimum atomic E-state index is -0.993. The van der Waals surface area contributed by atoms with Crippen LogP contribution >= 0.6 is 11.6 Å². The van der Waals surface area contributed by atoms with Gasteiger partial charge in [0, 0.05) is 6.42 Å². The number of fused-ring (bicyclic) bond motifs is 9. The van der Waals surface area contributed by atoms with Gasteiger partial charge in [-0.05, 0) is 60.9 Å². The summed E-state index contributed by atoms with van der Waals surface area (Å²) < 4.78 is 11.4. The molecule has 2 heterocycles. The predicted octanol–water partition coefficient (Wildman–Crippen LogP) is 3.05. The van der Waals surface area contributed by atoms with E-state index in [4.69, 9.17) is 21.1 Å². The van der Waals surface area contributed by atoms with Crippen molar-refractivity contribution in [2.45, 2.75) is 30.8 Å². The van der Waals surface area contributed by atoms with Crippen LogP contribution in [-0.2, 0) is 11.2 Å². The molecular weight excluding hydrogens is 456 g/mol. The van der Waals surface area contributed by atoms with Crippen molar-refractivity contribution in [1.29, 1.82) is 10.5 Å². The number of ether oxygens (including phenoxy) is 2. The molecule has 5 rings (SSSR count). The molecule has 1 fully saturated rings. The highest BCUT2D eigenvalue weighted by Crippen LogP contribution is 2.34. The summed E-state index contributed by atoms with van der Waals surface area (Å²) >= 11 is 6.35. The number of nitriles is 2. The first-order chi connectivity index (χ1) is 16.4. The van der Waals surface area contributed by atoms with Crippen LogP contribution in [-0.4, -0.2) is 36.6 Å². The summed E-state index contributed by atoms with van der Waals surface area (Å²) in [5, 5.41) is 24.5. The molecule has 0 saturated heterocycles. The summed E-state index contributed by atoms with van der Waals surface area (Å²) in [6, 6.07) is 12.8. The summed E-state index contributed by atoms with van der Waals surface area (Å²) in [4.78, 5) is 26.3. The molecule has 1 aliphatic carbocycles. The van der Waals surface area contributed by atoms with E-state index >= 15 is 0 Å². The van der Waals surface area contributed by atoms with Crippen molar-refractivity contribution in [3.63, 3.8) is 0 Å². The van der Waals surface area contributed by atoms with Crippen LogP contribution in [0.2, 0.25) is 5.02 Å². The van der Waals surface area contributed by atoms with Crippen molar-refractivity contribution in [2.75, 3.05) is 13.2 Å². The fourth-order valence-corrected chi connectivity index (χ4v) is 3.75. The van der Waals surface area contributed by atoms with E-state index < -0.39 is 23.4 Å². The molecule has 0 radical (unpaired) electrons. The van der Waals surface area contributed by atoms with Crippen molar-refractivity contribution < 1.29 is 19.1 Å². The van der Waals surface area contributed by atoms with Gasteiger partial charge in [-0.2, -0.15) is 10.5 Å². The Morgan fingerprint density at radius 2 is 1.79 bits per heavy atom. The highest BCUT2D eigenvalue weighted by atomic mass is 35.5. The quantitative estimate of drug-likeness (QED) is 0.642. The number of rotatable bonds is 2. The number of nitrogens with one attached hydrogen (secondary N) is 2. The largest absolute Gasteiger partial charge is 0.489 e. The zero-order valence-corrected chi connectivity index (χ0v) is 18.9. The maximum Gasteiger partial charge on any atom is 0.255 e. The molecule has 8 nitrogen and oxygen atoms in total. The summed E-state index contributed by atoms with van der Waals surface area (Å²) in [7, 11) is 0. The average Bonchev–Trinajstić information content (AvgIpc) is 3.61. The zero-order chi connectivity index (χ0) is 24.1. The predicted molar refractivity (Wildman–Crippen MR) is 123 cm³/mol. The van der Waals surface area contributed by atoms with Crippen LogP contribution in [0.5, 0.6) is 11.5 Å². The van der Waals surface area contributed by atoms with Crippen LogP contribution in [0, 0.1) is 22.7 Å². The van der Waals surface area contributed by atoms with Crippen LogP contribution in [0.15, 0.2) is 48.6 Å². The third-order valence-electron chi connectivity index (χ3n) is 5.57. The second kappa shape index (κ2) is 9.86.